The zero-order chi connectivity index (χ0) is 28.7. The Balaban J connectivity index is 2.06. The summed E-state index contributed by atoms with van der Waals surface area (Å²) in [5.74, 6) is -0.0798. The van der Waals surface area contributed by atoms with Gasteiger partial charge in [-0.05, 0) is 57.9 Å². The molecule has 1 aromatic heterocycles. The van der Waals surface area contributed by atoms with Crippen LogP contribution in [-0.4, -0.2) is 35.5 Å². The van der Waals surface area contributed by atoms with E-state index in [1.807, 2.05) is 33.8 Å². The van der Waals surface area contributed by atoms with Crippen molar-refractivity contribution in [2.75, 3.05) is 17.3 Å². The first kappa shape index (κ1) is 29.7. The second kappa shape index (κ2) is 12.8. The van der Waals surface area contributed by atoms with E-state index in [4.69, 9.17) is 20.9 Å². The maximum absolute atomic E-state index is 14.0. The smallest absolute Gasteiger partial charge is 0.248 e. The van der Waals surface area contributed by atoms with E-state index < -0.39 is 29.3 Å². The number of nitrogens with zero attached hydrogens (tertiary/aromatic N) is 2. The van der Waals surface area contributed by atoms with Crippen molar-refractivity contribution < 1.29 is 23.6 Å². The number of anilines is 2. The van der Waals surface area contributed by atoms with Gasteiger partial charge in [0, 0.05) is 35.0 Å². The highest BCUT2D eigenvalue weighted by Gasteiger charge is 2.37. The quantitative estimate of drug-likeness (QED) is 0.312. The molecule has 3 aromatic rings. The summed E-state index contributed by atoms with van der Waals surface area (Å²) in [5, 5.41) is 9.76. The van der Waals surface area contributed by atoms with E-state index in [2.05, 4.69) is 15.8 Å². The number of rotatable bonds is 11. The number of ether oxygens (including phenoxy) is 1. The van der Waals surface area contributed by atoms with Crippen LogP contribution in [0.4, 0.5) is 11.5 Å². The lowest BCUT2D eigenvalue weighted by Gasteiger charge is -2.35. The number of amides is 3. The first-order valence-electron chi connectivity index (χ1n) is 12.7. The number of nitrogens with one attached hydrogen (secondary N) is 2. The molecule has 2 aromatic carbocycles. The Morgan fingerprint density at radius 2 is 1.82 bits per heavy atom. The largest absolute Gasteiger partial charge is 0.495 e. The molecule has 0 aliphatic rings. The highest BCUT2D eigenvalue weighted by Crippen LogP contribution is 2.38. The molecule has 3 rings (SSSR count). The summed E-state index contributed by atoms with van der Waals surface area (Å²) >= 11 is 6.60. The van der Waals surface area contributed by atoms with E-state index in [9.17, 15) is 14.4 Å². The van der Waals surface area contributed by atoms with E-state index >= 15 is 0 Å². The van der Waals surface area contributed by atoms with E-state index in [1.165, 1.54) is 12.0 Å². The Bertz CT molecular complexity index is 1340. The van der Waals surface area contributed by atoms with Crippen LogP contribution in [0.5, 0.6) is 5.75 Å². The van der Waals surface area contributed by atoms with Crippen LogP contribution in [0.15, 0.2) is 53.1 Å². The zero-order valence-electron chi connectivity index (χ0n) is 23.1. The van der Waals surface area contributed by atoms with Crippen LogP contribution in [0, 0.1) is 13.8 Å². The van der Waals surface area contributed by atoms with Gasteiger partial charge in [-0.15, -0.1) is 0 Å². The van der Waals surface area contributed by atoms with Gasteiger partial charge < -0.3 is 19.9 Å². The van der Waals surface area contributed by atoms with Gasteiger partial charge in [-0.2, -0.15) is 0 Å². The highest BCUT2D eigenvalue weighted by molar-refractivity contribution is 6.31. The van der Waals surface area contributed by atoms with Crippen molar-refractivity contribution in [3.63, 3.8) is 0 Å². The molecular formula is C29H35ClN4O5. The van der Waals surface area contributed by atoms with Gasteiger partial charge in [0.15, 0.2) is 5.82 Å². The normalized spacial score (nSPS) is 12.0. The topological polar surface area (TPSA) is 114 Å². The molecule has 9 nitrogen and oxygen atoms in total. The second-order valence-corrected chi connectivity index (χ2v) is 10.4. The summed E-state index contributed by atoms with van der Waals surface area (Å²) in [4.78, 5) is 41.9. The van der Waals surface area contributed by atoms with Crippen LogP contribution in [0.25, 0.3) is 0 Å². The SMILES string of the molecule is CCC(C)(C)NC(=O)C(c1ccccc1Cl)N(C(=O)CCC(=O)Nc1cc(C)on1)c1cc(C)ccc1OC. The third kappa shape index (κ3) is 7.60. The molecule has 1 unspecified atom stereocenters. The predicted octanol–water partition coefficient (Wildman–Crippen LogP) is 5.75. The number of methoxy groups -OCH3 is 1. The van der Waals surface area contributed by atoms with Crippen molar-refractivity contribution in [3.05, 3.63) is 70.4 Å². The zero-order valence-corrected chi connectivity index (χ0v) is 23.9. The standard InChI is InChI=1S/C29H35ClN4O5/c1-7-29(4,5)32-28(37)27(20-10-8-9-11-21(20)30)34(22-16-18(2)12-13-23(22)38-6)26(36)15-14-25(35)31-24-17-19(3)39-33-24/h8-13,16-17,27H,7,14-15H2,1-6H3,(H,32,37)(H,31,33,35). The minimum atomic E-state index is -1.13. The lowest BCUT2D eigenvalue weighted by molar-refractivity contribution is -0.128. The number of hydrogen-bond donors (Lipinski definition) is 2. The molecular weight excluding hydrogens is 520 g/mol. The molecule has 0 radical (unpaired) electrons. The van der Waals surface area contributed by atoms with Gasteiger partial charge in [-0.25, -0.2) is 0 Å². The summed E-state index contributed by atoms with van der Waals surface area (Å²) in [6.07, 6.45) is 0.329. The molecule has 0 aliphatic heterocycles. The molecule has 0 aliphatic carbocycles. The highest BCUT2D eigenvalue weighted by atomic mass is 35.5. The lowest BCUT2D eigenvalue weighted by atomic mass is 9.97. The van der Waals surface area contributed by atoms with E-state index in [-0.39, 0.29) is 18.7 Å². The van der Waals surface area contributed by atoms with Crippen LogP contribution >= 0.6 is 11.6 Å². The van der Waals surface area contributed by atoms with Crippen molar-refractivity contribution in [1.29, 1.82) is 0 Å². The van der Waals surface area contributed by atoms with Crippen molar-refractivity contribution in [2.24, 2.45) is 0 Å². The molecule has 0 bridgehead atoms. The number of aryl methyl sites for hydroxylation is 2. The van der Waals surface area contributed by atoms with E-state index in [0.717, 1.165) is 5.56 Å². The Morgan fingerprint density at radius 3 is 2.44 bits per heavy atom. The summed E-state index contributed by atoms with van der Waals surface area (Å²) in [5.41, 5.74) is 1.15. The van der Waals surface area contributed by atoms with Gasteiger partial charge in [0.2, 0.25) is 17.7 Å². The number of carbonyl (C=O) groups is 3. The van der Waals surface area contributed by atoms with Crippen molar-refractivity contribution in [1.82, 2.24) is 10.5 Å². The van der Waals surface area contributed by atoms with Gasteiger partial charge in [-0.1, -0.05) is 47.9 Å². The van der Waals surface area contributed by atoms with Crippen LogP contribution in [0.1, 0.15) is 63.0 Å². The molecule has 0 fully saturated rings. The number of benzene rings is 2. The van der Waals surface area contributed by atoms with E-state index in [1.54, 1.807) is 49.4 Å². The summed E-state index contributed by atoms with van der Waals surface area (Å²) in [6, 6.07) is 12.7. The Kier molecular flexibility index (Phi) is 9.75. The minimum absolute atomic E-state index is 0.146. The second-order valence-electron chi connectivity index (χ2n) is 9.96. The molecule has 0 saturated heterocycles. The van der Waals surface area contributed by atoms with Gasteiger partial charge in [0.1, 0.15) is 17.6 Å². The van der Waals surface area contributed by atoms with Crippen molar-refractivity contribution >= 4 is 40.8 Å². The lowest BCUT2D eigenvalue weighted by Crippen LogP contribution is -2.50. The first-order chi connectivity index (χ1) is 18.5. The molecule has 39 heavy (non-hydrogen) atoms. The number of halogens is 1. The third-order valence-electron chi connectivity index (χ3n) is 6.38. The monoisotopic (exact) mass is 554 g/mol. The Hall–Kier alpha value is -3.85. The maximum Gasteiger partial charge on any atom is 0.248 e. The fraction of sp³-hybridized carbons (Fsp3) is 0.379. The van der Waals surface area contributed by atoms with Crippen LogP contribution in [-0.2, 0) is 14.4 Å². The van der Waals surface area contributed by atoms with Crippen LogP contribution in [0.3, 0.4) is 0 Å². The first-order valence-corrected chi connectivity index (χ1v) is 13.1. The molecule has 208 valence electrons. The van der Waals surface area contributed by atoms with Gasteiger partial charge in [0.25, 0.3) is 0 Å². The summed E-state index contributed by atoms with van der Waals surface area (Å²) in [6.45, 7) is 9.36. The van der Waals surface area contributed by atoms with Crippen LogP contribution < -0.4 is 20.3 Å². The minimum Gasteiger partial charge on any atom is -0.495 e. The summed E-state index contributed by atoms with van der Waals surface area (Å²) in [7, 11) is 1.49. The van der Waals surface area contributed by atoms with Gasteiger partial charge >= 0.3 is 0 Å². The summed E-state index contributed by atoms with van der Waals surface area (Å²) < 4.78 is 10.6. The average Bonchev–Trinajstić information content (AvgIpc) is 3.30. The van der Waals surface area contributed by atoms with E-state index in [0.29, 0.717) is 34.2 Å². The molecule has 0 spiro atoms. The fourth-order valence-corrected chi connectivity index (χ4v) is 4.20. The maximum atomic E-state index is 14.0. The fourth-order valence-electron chi connectivity index (χ4n) is 3.96. The Morgan fingerprint density at radius 1 is 1.10 bits per heavy atom. The van der Waals surface area contributed by atoms with Crippen molar-refractivity contribution in [3.8, 4) is 5.75 Å². The Labute approximate surface area is 233 Å². The predicted molar refractivity (Wildman–Crippen MR) is 151 cm³/mol. The molecule has 10 heteroatoms. The van der Waals surface area contributed by atoms with Gasteiger partial charge in [-0.3, -0.25) is 19.3 Å². The van der Waals surface area contributed by atoms with Crippen molar-refractivity contribution in [2.45, 2.75) is 65.5 Å². The molecule has 1 heterocycles. The molecule has 2 N–H and O–H groups in total. The van der Waals surface area contributed by atoms with Gasteiger partial charge in [0.05, 0.1) is 12.8 Å². The average molecular weight is 555 g/mol. The number of aromatic nitrogens is 1. The molecule has 1 atom stereocenters. The molecule has 3 amide bonds. The number of carbonyl (C=O) groups excluding carboxylic acids is 3. The third-order valence-corrected chi connectivity index (χ3v) is 6.72. The molecule has 0 saturated carbocycles. The number of hydrogen-bond acceptors (Lipinski definition) is 6. The van der Waals surface area contributed by atoms with Crippen LogP contribution in [0.2, 0.25) is 5.02 Å².